The lowest BCUT2D eigenvalue weighted by atomic mass is 9.76. The minimum atomic E-state index is -1.05. The quantitative estimate of drug-likeness (QED) is 0.151. The summed E-state index contributed by atoms with van der Waals surface area (Å²) in [7, 11) is 0. The van der Waals surface area contributed by atoms with Crippen molar-refractivity contribution < 1.29 is 17.6 Å². The molecule has 0 aromatic heterocycles. The lowest BCUT2D eigenvalue weighted by Gasteiger charge is -2.29. The molecule has 192 valence electrons. The fourth-order valence-electron chi connectivity index (χ4n) is 5.44. The highest BCUT2D eigenvalue weighted by Crippen LogP contribution is 2.38. The van der Waals surface area contributed by atoms with E-state index in [1.165, 1.54) is 42.5 Å². The number of halogens is 5. The van der Waals surface area contributed by atoms with Crippen molar-refractivity contribution in [2.45, 2.75) is 77.0 Å². The zero-order valence-electron chi connectivity index (χ0n) is 20.7. The van der Waals surface area contributed by atoms with Gasteiger partial charge in [0.1, 0.15) is 28.3 Å². The van der Waals surface area contributed by atoms with Crippen molar-refractivity contribution >= 4 is 11.6 Å². The molecule has 1 saturated carbocycles. The van der Waals surface area contributed by atoms with Crippen molar-refractivity contribution in [1.29, 1.82) is 0 Å². The second-order valence-electron chi connectivity index (χ2n) is 10.1. The third-order valence-electron chi connectivity index (χ3n) is 7.58. The van der Waals surface area contributed by atoms with Crippen LogP contribution in [0.25, 0.3) is 11.1 Å². The molecule has 1 fully saturated rings. The summed E-state index contributed by atoms with van der Waals surface area (Å²) in [5, 5.41) is -0.690. The summed E-state index contributed by atoms with van der Waals surface area (Å²) in [6, 6.07) is 13.4. The zero-order chi connectivity index (χ0) is 25.7. The maximum atomic E-state index is 14.8. The van der Waals surface area contributed by atoms with Gasteiger partial charge in [-0.25, -0.2) is 17.6 Å². The summed E-state index contributed by atoms with van der Waals surface area (Å²) < 4.78 is 57.1. The van der Waals surface area contributed by atoms with Crippen molar-refractivity contribution in [3.8, 4) is 11.1 Å². The number of benzene rings is 3. The Labute approximate surface area is 216 Å². The Morgan fingerprint density at radius 3 is 1.92 bits per heavy atom. The van der Waals surface area contributed by atoms with Gasteiger partial charge in [-0.15, -0.1) is 0 Å². The van der Waals surface area contributed by atoms with E-state index in [1.807, 2.05) is 0 Å². The van der Waals surface area contributed by atoms with E-state index < -0.39 is 33.9 Å². The van der Waals surface area contributed by atoms with Gasteiger partial charge in [0.25, 0.3) is 0 Å². The third kappa shape index (κ3) is 6.51. The Balaban J connectivity index is 1.31. The second kappa shape index (κ2) is 12.3. The van der Waals surface area contributed by atoms with E-state index in [4.69, 9.17) is 11.6 Å². The van der Waals surface area contributed by atoms with Gasteiger partial charge >= 0.3 is 0 Å². The van der Waals surface area contributed by atoms with Gasteiger partial charge in [0.2, 0.25) is 0 Å². The standard InChI is InChI=1S/C31H33ClF4/c1-2-3-4-5-20-8-12-23(13-9-20)24-14-10-21(11-15-24)6-7-22-16-26(33)30(27(34)17-22)25-18-28(35)31(32)29(36)19-25/h8-9,12-13,16-19,21,24H,2-7,10-11,14-15H2,1H3/t21-,24-. The Bertz CT molecular complexity index is 1120. The van der Waals surface area contributed by atoms with E-state index in [9.17, 15) is 17.6 Å². The molecule has 0 spiro atoms. The maximum Gasteiger partial charge on any atom is 0.145 e. The second-order valence-corrected chi connectivity index (χ2v) is 10.5. The molecule has 0 bridgehead atoms. The molecule has 0 atom stereocenters. The fourth-order valence-corrected chi connectivity index (χ4v) is 5.55. The van der Waals surface area contributed by atoms with Crippen LogP contribution in [0.15, 0.2) is 48.5 Å². The van der Waals surface area contributed by atoms with Crippen molar-refractivity contribution in [3.63, 3.8) is 0 Å². The van der Waals surface area contributed by atoms with Gasteiger partial charge in [0.15, 0.2) is 0 Å². The van der Waals surface area contributed by atoms with Crippen LogP contribution >= 0.6 is 11.6 Å². The van der Waals surface area contributed by atoms with Gasteiger partial charge in [-0.2, -0.15) is 0 Å². The van der Waals surface area contributed by atoms with E-state index in [-0.39, 0.29) is 5.56 Å². The van der Waals surface area contributed by atoms with Crippen LogP contribution in [0.2, 0.25) is 5.02 Å². The van der Waals surface area contributed by atoms with Gasteiger partial charge in [0.05, 0.1) is 5.56 Å². The first-order valence-corrected chi connectivity index (χ1v) is 13.4. The summed E-state index contributed by atoms with van der Waals surface area (Å²) in [6.07, 6.45) is 10.8. The first kappa shape index (κ1) is 26.7. The largest absolute Gasteiger partial charge is 0.206 e. The van der Waals surface area contributed by atoms with E-state index in [1.54, 1.807) is 0 Å². The highest BCUT2D eigenvalue weighted by atomic mass is 35.5. The molecule has 0 aliphatic heterocycles. The first-order valence-electron chi connectivity index (χ1n) is 13.1. The molecular formula is C31H33ClF4. The predicted molar refractivity (Wildman–Crippen MR) is 139 cm³/mol. The molecule has 4 rings (SSSR count). The minimum Gasteiger partial charge on any atom is -0.206 e. The molecule has 3 aromatic rings. The Kier molecular flexibility index (Phi) is 9.11. The highest BCUT2D eigenvalue weighted by Gasteiger charge is 2.23. The minimum absolute atomic E-state index is 0.205. The normalized spacial score (nSPS) is 17.9. The molecule has 1 aliphatic rings. The third-order valence-corrected chi connectivity index (χ3v) is 7.94. The van der Waals surface area contributed by atoms with Gasteiger partial charge in [0, 0.05) is 0 Å². The highest BCUT2D eigenvalue weighted by molar-refractivity contribution is 6.31. The number of unbranched alkanes of at least 4 members (excludes halogenated alkanes) is 2. The Morgan fingerprint density at radius 2 is 1.33 bits per heavy atom. The fraction of sp³-hybridized carbons (Fsp3) is 0.419. The summed E-state index contributed by atoms with van der Waals surface area (Å²) >= 11 is 5.49. The molecular weight excluding hydrogens is 484 g/mol. The number of hydrogen-bond acceptors (Lipinski definition) is 0. The average molecular weight is 517 g/mol. The molecule has 0 unspecified atom stereocenters. The van der Waals surface area contributed by atoms with Gasteiger partial charge in [-0.1, -0.05) is 55.6 Å². The van der Waals surface area contributed by atoms with Crippen LogP contribution in [-0.2, 0) is 12.8 Å². The van der Waals surface area contributed by atoms with Gasteiger partial charge in [-0.3, -0.25) is 0 Å². The Morgan fingerprint density at radius 1 is 0.722 bits per heavy atom. The average Bonchev–Trinajstić information content (AvgIpc) is 2.86. The van der Waals surface area contributed by atoms with Gasteiger partial charge in [-0.05, 0) is 110 Å². The number of aryl methyl sites for hydroxylation is 2. The van der Waals surface area contributed by atoms with Crippen LogP contribution in [0, 0.1) is 29.2 Å². The predicted octanol–water partition coefficient (Wildman–Crippen LogP) is 10.2. The smallest absolute Gasteiger partial charge is 0.145 e. The van der Waals surface area contributed by atoms with Crippen LogP contribution in [-0.4, -0.2) is 0 Å². The molecule has 3 aromatic carbocycles. The lowest BCUT2D eigenvalue weighted by molar-refractivity contribution is 0.310. The van der Waals surface area contributed by atoms with E-state index in [0.29, 0.717) is 23.8 Å². The molecule has 0 saturated heterocycles. The molecule has 0 heterocycles. The SMILES string of the molecule is CCCCCc1ccc([C@H]2CC[C@H](CCc3cc(F)c(-c4cc(F)c(Cl)c(F)c4)c(F)c3)CC2)cc1. The summed E-state index contributed by atoms with van der Waals surface area (Å²) in [5.41, 5.74) is 2.75. The maximum absolute atomic E-state index is 14.8. The van der Waals surface area contributed by atoms with Crippen LogP contribution < -0.4 is 0 Å². The van der Waals surface area contributed by atoms with Crippen molar-refractivity contribution in [1.82, 2.24) is 0 Å². The van der Waals surface area contributed by atoms with E-state index >= 15 is 0 Å². The van der Waals surface area contributed by atoms with Crippen molar-refractivity contribution in [2.24, 2.45) is 5.92 Å². The molecule has 0 amide bonds. The van der Waals surface area contributed by atoms with Crippen molar-refractivity contribution in [3.05, 3.63) is 93.5 Å². The molecule has 1 aliphatic carbocycles. The van der Waals surface area contributed by atoms with Gasteiger partial charge < -0.3 is 0 Å². The molecule has 0 radical (unpaired) electrons. The van der Waals surface area contributed by atoms with Crippen LogP contribution in [0.1, 0.15) is 80.9 Å². The Hall–Kier alpha value is -2.33. The van der Waals surface area contributed by atoms with Crippen LogP contribution in [0.3, 0.4) is 0 Å². The number of hydrogen-bond donors (Lipinski definition) is 0. The molecule has 0 N–H and O–H groups in total. The monoisotopic (exact) mass is 516 g/mol. The van der Waals surface area contributed by atoms with E-state index in [2.05, 4.69) is 31.2 Å². The van der Waals surface area contributed by atoms with Crippen LogP contribution in [0.5, 0.6) is 0 Å². The summed E-state index contributed by atoms with van der Waals surface area (Å²) in [6.45, 7) is 2.22. The molecule has 0 nitrogen and oxygen atoms in total. The number of rotatable bonds is 9. The molecule has 36 heavy (non-hydrogen) atoms. The van der Waals surface area contributed by atoms with E-state index in [0.717, 1.165) is 50.7 Å². The topological polar surface area (TPSA) is 0 Å². The van der Waals surface area contributed by atoms with Crippen LogP contribution in [0.4, 0.5) is 17.6 Å². The summed E-state index contributed by atoms with van der Waals surface area (Å²) in [5.74, 6) is -2.64. The zero-order valence-corrected chi connectivity index (χ0v) is 21.5. The first-order chi connectivity index (χ1) is 17.4. The lowest BCUT2D eigenvalue weighted by Crippen LogP contribution is -2.14. The molecule has 5 heteroatoms. The summed E-state index contributed by atoms with van der Waals surface area (Å²) in [4.78, 5) is 0. The van der Waals surface area contributed by atoms with Crippen molar-refractivity contribution in [2.75, 3.05) is 0 Å².